The zero-order chi connectivity index (χ0) is 8.15. The number of nitrogens with two attached hydrogens (primary N) is 1. The maximum Gasteiger partial charge on any atom is 0.0283 e. The van der Waals surface area contributed by atoms with Gasteiger partial charge in [-0.05, 0) is 32.5 Å². The van der Waals surface area contributed by atoms with E-state index in [4.69, 9.17) is 5.73 Å². The summed E-state index contributed by atoms with van der Waals surface area (Å²) in [7, 11) is 1.90. The average Bonchev–Trinajstić information content (AvgIpc) is 1.85. The van der Waals surface area contributed by atoms with Crippen LogP contribution >= 0.6 is 0 Å². The molecule has 10 heavy (non-hydrogen) atoms. The second-order valence-electron chi connectivity index (χ2n) is 2.47. The highest BCUT2D eigenvalue weighted by atomic mass is 14.9. The maximum atomic E-state index is 5.46. The highest BCUT2D eigenvalue weighted by Gasteiger charge is 1.98. The molecule has 0 aromatic rings. The fourth-order valence-electron chi connectivity index (χ4n) is 0.603. The van der Waals surface area contributed by atoms with E-state index in [0.717, 1.165) is 11.3 Å². The molecule has 0 saturated carbocycles. The van der Waals surface area contributed by atoms with E-state index in [1.807, 2.05) is 27.0 Å². The molecule has 0 radical (unpaired) electrons. The Bertz CT molecular complexity index is 143. The molecule has 1 unspecified atom stereocenters. The molecule has 0 aliphatic carbocycles. The van der Waals surface area contributed by atoms with Gasteiger partial charge in [-0.2, -0.15) is 0 Å². The normalized spacial score (nSPS) is 14.9. The molecule has 0 amide bonds. The van der Waals surface area contributed by atoms with Crippen LogP contribution in [-0.2, 0) is 0 Å². The molecule has 0 bridgehead atoms. The van der Waals surface area contributed by atoms with Crippen molar-refractivity contribution in [2.24, 2.45) is 5.73 Å². The third kappa shape index (κ3) is 3.30. The highest BCUT2D eigenvalue weighted by Crippen LogP contribution is 2.00. The molecule has 58 valence electrons. The Hall–Kier alpha value is -0.760. The van der Waals surface area contributed by atoms with Crippen LogP contribution in [0.1, 0.15) is 13.8 Å². The van der Waals surface area contributed by atoms with Gasteiger partial charge in [-0.3, -0.25) is 0 Å². The van der Waals surface area contributed by atoms with Gasteiger partial charge in [0, 0.05) is 11.7 Å². The van der Waals surface area contributed by atoms with Gasteiger partial charge < -0.3 is 11.1 Å². The van der Waals surface area contributed by atoms with Crippen LogP contribution in [0.5, 0.6) is 0 Å². The molecule has 0 heterocycles. The van der Waals surface area contributed by atoms with Crippen molar-refractivity contribution >= 4 is 0 Å². The number of rotatable bonds is 3. The minimum atomic E-state index is 0.304. The van der Waals surface area contributed by atoms with Crippen LogP contribution in [0.4, 0.5) is 0 Å². The molecule has 3 N–H and O–H groups in total. The van der Waals surface area contributed by atoms with E-state index in [1.165, 1.54) is 0 Å². The predicted octanol–water partition coefficient (Wildman–Crippen LogP) is 1.01. The van der Waals surface area contributed by atoms with Crippen LogP contribution in [0, 0.1) is 0 Å². The second kappa shape index (κ2) is 4.12. The van der Waals surface area contributed by atoms with Crippen molar-refractivity contribution in [3.63, 3.8) is 0 Å². The third-order valence-corrected chi connectivity index (χ3v) is 1.40. The molecule has 2 nitrogen and oxygen atoms in total. The first-order valence-corrected chi connectivity index (χ1v) is 3.37. The van der Waals surface area contributed by atoms with E-state index in [0.29, 0.717) is 6.04 Å². The van der Waals surface area contributed by atoms with Crippen molar-refractivity contribution in [1.82, 2.24) is 5.32 Å². The summed E-state index contributed by atoms with van der Waals surface area (Å²) in [5, 5.41) is 3.07. The van der Waals surface area contributed by atoms with E-state index < -0.39 is 0 Å². The number of hydrogen-bond acceptors (Lipinski definition) is 2. The number of likely N-dealkylation sites (N-methyl/N-ethyl adjacent to an activating group) is 1. The van der Waals surface area contributed by atoms with Gasteiger partial charge in [0.25, 0.3) is 0 Å². The fraction of sp³-hybridized carbons (Fsp3) is 0.500. The monoisotopic (exact) mass is 140 g/mol. The highest BCUT2D eigenvalue weighted by molar-refractivity contribution is 5.22. The lowest BCUT2D eigenvalue weighted by Crippen LogP contribution is -2.22. The van der Waals surface area contributed by atoms with E-state index >= 15 is 0 Å². The molecular weight excluding hydrogens is 124 g/mol. The van der Waals surface area contributed by atoms with Crippen LogP contribution < -0.4 is 11.1 Å². The Kier molecular flexibility index (Phi) is 3.81. The summed E-state index contributed by atoms with van der Waals surface area (Å²) in [6, 6.07) is 0.304. The topological polar surface area (TPSA) is 38.0 Å². The van der Waals surface area contributed by atoms with Crippen molar-refractivity contribution < 1.29 is 0 Å². The van der Waals surface area contributed by atoms with Crippen molar-refractivity contribution in [2.45, 2.75) is 19.9 Å². The van der Waals surface area contributed by atoms with E-state index in [-0.39, 0.29) is 0 Å². The Balaban J connectivity index is 3.97. The van der Waals surface area contributed by atoms with Gasteiger partial charge in [0.15, 0.2) is 0 Å². The molecule has 0 aliphatic heterocycles. The SMILES string of the molecule is C=C(/C=C(/C)N)C(C)NC. The third-order valence-electron chi connectivity index (χ3n) is 1.40. The lowest BCUT2D eigenvalue weighted by atomic mass is 10.1. The Morgan fingerprint density at radius 3 is 2.50 bits per heavy atom. The van der Waals surface area contributed by atoms with Gasteiger partial charge in [-0.1, -0.05) is 6.58 Å². The summed E-state index contributed by atoms with van der Waals surface area (Å²) < 4.78 is 0. The molecule has 0 rings (SSSR count). The summed E-state index contributed by atoms with van der Waals surface area (Å²) in [6.45, 7) is 7.74. The quantitative estimate of drug-likeness (QED) is 0.574. The molecule has 0 saturated heterocycles. The Labute approximate surface area is 62.8 Å². The Morgan fingerprint density at radius 2 is 2.20 bits per heavy atom. The molecule has 0 aliphatic rings. The van der Waals surface area contributed by atoms with Crippen molar-refractivity contribution in [1.29, 1.82) is 0 Å². The van der Waals surface area contributed by atoms with Gasteiger partial charge in [0.1, 0.15) is 0 Å². The summed E-state index contributed by atoms with van der Waals surface area (Å²) in [5.41, 5.74) is 7.27. The van der Waals surface area contributed by atoms with Gasteiger partial charge in [0.2, 0.25) is 0 Å². The van der Waals surface area contributed by atoms with Gasteiger partial charge in [-0.15, -0.1) is 0 Å². The smallest absolute Gasteiger partial charge is 0.0283 e. The first kappa shape index (κ1) is 9.24. The van der Waals surface area contributed by atoms with Crippen LogP contribution in [0.25, 0.3) is 0 Å². The average molecular weight is 140 g/mol. The number of nitrogens with one attached hydrogen (secondary N) is 1. The van der Waals surface area contributed by atoms with Crippen molar-refractivity contribution in [3.8, 4) is 0 Å². The number of allylic oxidation sites excluding steroid dienone is 1. The van der Waals surface area contributed by atoms with Crippen LogP contribution in [0.3, 0.4) is 0 Å². The molecule has 0 aromatic carbocycles. The summed E-state index contributed by atoms with van der Waals surface area (Å²) in [4.78, 5) is 0. The summed E-state index contributed by atoms with van der Waals surface area (Å²) >= 11 is 0. The van der Waals surface area contributed by atoms with Gasteiger partial charge >= 0.3 is 0 Å². The van der Waals surface area contributed by atoms with Crippen LogP contribution in [0.2, 0.25) is 0 Å². The Morgan fingerprint density at radius 1 is 1.70 bits per heavy atom. The first-order chi connectivity index (χ1) is 4.57. The molecule has 1 atom stereocenters. The standard InChI is InChI=1S/C8H16N2/c1-6(5-7(2)9)8(3)10-4/h5,8,10H,1,9H2,2-4H3/b7-5-. The fourth-order valence-corrected chi connectivity index (χ4v) is 0.603. The van der Waals surface area contributed by atoms with Gasteiger partial charge in [-0.25, -0.2) is 0 Å². The molecule has 0 spiro atoms. The van der Waals surface area contributed by atoms with Crippen molar-refractivity contribution in [3.05, 3.63) is 23.9 Å². The van der Waals surface area contributed by atoms with Gasteiger partial charge in [0.05, 0.1) is 0 Å². The first-order valence-electron chi connectivity index (χ1n) is 3.37. The number of hydrogen-bond donors (Lipinski definition) is 2. The minimum absolute atomic E-state index is 0.304. The molecule has 2 heteroatoms. The molecule has 0 fully saturated rings. The minimum Gasteiger partial charge on any atom is -0.402 e. The zero-order valence-corrected chi connectivity index (χ0v) is 6.94. The predicted molar refractivity (Wildman–Crippen MR) is 45.6 cm³/mol. The van der Waals surface area contributed by atoms with Crippen LogP contribution in [0.15, 0.2) is 23.9 Å². The van der Waals surface area contributed by atoms with Crippen molar-refractivity contribution in [2.75, 3.05) is 7.05 Å². The summed E-state index contributed by atoms with van der Waals surface area (Å²) in [6.07, 6.45) is 1.88. The van der Waals surface area contributed by atoms with Crippen LogP contribution in [-0.4, -0.2) is 13.1 Å². The van der Waals surface area contributed by atoms with E-state index in [2.05, 4.69) is 11.9 Å². The largest absolute Gasteiger partial charge is 0.402 e. The molecule has 0 aromatic heterocycles. The summed E-state index contributed by atoms with van der Waals surface area (Å²) in [5.74, 6) is 0. The lowest BCUT2D eigenvalue weighted by Gasteiger charge is -2.09. The lowest BCUT2D eigenvalue weighted by molar-refractivity contribution is 0.706. The second-order valence-corrected chi connectivity index (χ2v) is 2.47. The molecular formula is C8H16N2. The maximum absolute atomic E-state index is 5.46. The van der Waals surface area contributed by atoms with E-state index in [9.17, 15) is 0 Å². The van der Waals surface area contributed by atoms with E-state index in [1.54, 1.807) is 0 Å². The zero-order valence-electron chi connectivity index (χ0n) is 6.94.